The minimum absolute atomic E-state index is 0.238. The molecule has 0 aromatic heterocycles. The van der Waals surface area contributed by atoms with E-state index >= 15 is 0 Å². The van der Waals surface area contributed by atoms with Crippen molar-refractivity contribution >= 4 is 17.2 Å². The van der Waals surface area contributed by atoms with Crippen LogP contribution in [0, 0.1) is 5.82 Å². The van der Waals surface area contributed by atoms with Crippen LogP contribution in [0.3, 0.4) is 0 Å². The Bertz CT molecular complexity index is 475. The first-order valence-electron chi connectivity index (χ1n) is 6.94. The molecule has 1 aromatic rings. The predicted octanol–water partition coefficient (Wildman–Crippen LogP) is 2.46. The molecular formula is C15H21FN2OS. The second-order valence-electron chi connectivity index (χ2n) is 5.35. The first-order chi connectivity index (χ1) is 9.56. The zero-order chi connectivity index (χ0) is 14.5. The van der Waals surface area contributed by atoms with E-state index in [0.29, 0.717) is 18.2 Å². The molecule has 0 spiro atoms. The summed E-state index contributed by atoms with van der Waals surface area (Å²) in [6.07, 6.45) is 3.79. The van der Waals surface area contributed by atoms with Gasteiger partial charge in [0.15, 0.2) is 0 Å². The molecule has 1 fully saturated rings. The normalized spacial score (nSPS) is 19.2. The van der Waals surface area contributed by atoms with Crippen molar-refractivity contribution in [3.05, 3.63) is 35.1 Å². The monoisotopic (exact) mass is 296 g/mol. The van der Waals surface area contributed by atoms with Crippen molar-refractivity contribution in [3.8, 4) is 0 Å². The minimum Gasteiger partial charge on any atom is -0.389 e. The number of halogens is 1. The average molecular weight is 296 g/mol. The average Bonchev–Trinajstić information content (AvgIpc) is 2.41. The van der Waals surface area contributed by atoms with Crippen molar-refractivity contribution in [3.63, 3.8) is 0 Å². The number of thiocarbonyl (C=S) groups is 1. The van der Waals surface area contributed by atoms with Gasteiger partial charge in [0.2, 0.25) is 0 Å². The Morgan fingerprint density at radius 3 is 2.95 bits per heavy atom. The van der Waals surface area contributed by atoms with Crippen molar-refractivity contribution in [2.75, 3.05) is 20.2 Å². The molecule has 1 aromatic carbocycles. The van der Waals surface area contributed by atoms with Gasteiger partial charge in [0.05, 0.1) is 6.10 Å². The molecule has 20 heavy (non-hydrogen) atoms. The first-order valence-corrected chi connectivity index (χ1v) is 7.35. The highest BCUT2D eigenvalue weighted by atomic mass is 32.1. The third-order valence-corrected chi connectivity index (χ3v) is 3.79. The summed E-state index contributed by atoms with van der Waals surface area (Å²) in [5.41, 5.74) is 7.24. The van der Waals surface area contributed by atoms with E-state index < -0.39 is 0 Å². The number of benzene rings is 1. The van der Waals surface area contributed by atoms with Crippen LogP contribution in [0.15, 0.2) is 18.2 Å². The summed E-state index contributed by atoms with van der Waals surface area (Å²) in [6, 6.07) is 4.60. The standard InChI is InChI=1S/C15H21FN2OS/c1-18(10-13-4-2-3-7-19-13)9-11-5-6-12(16)8-14(11)15(17)20/h5-6,8,13H,2-4,7,9-10H2,1H3,(H2,17,20). The van der Waals surface area contributed by atoms with Crippen molar-refractivity contribution in [1.82, 2.24) is 4.90 Å². The maximum atomic E-state index is 13.3. The third-order valence-electron chi connectivity index (χ3n) is 3.57. The molecular weight excluding hydrogens is 275 g/mol. The van der Waals surface area contributed by atoms with Crippen molar-refractivity contribution < 1.29 is 9.13 Å². The number of nitrogens with zero attached hydrogens (tertiary/aromatic N) is 1. The SMILES string of the molecule is CN(Cc1ccc(F)cc1C(N)=S)CC1CCCCO1. The van der Waals surface area contributed by atoms with Gasteiger partial charge in [0.1, 0.15) is 10.8 Å². The van der Waals surface area contributed by atoms with E-state index in [1.807, 2.05) is 7.05 Å². The second kappa shape index (κ2) is 7.11. The maximum absolute atomic E-state index is 13.3. The highest BCUT2D eigenvalue weighted by molar-refractivity contribution is 7.80. The number of hydrogen-bond donors (Lipinski definition) is 1. The van der Waals surface area contributed by atoms with Crippen molar-refractivity contribution in [1.29, 1.82) is 0 Å². The zero-order valence-electron chi connectivity index (χ0n) is 11.8. The lowest BCUT2D eigenvalue weighted by Crippen LogP contribution is -2.33. The van der Waals surface area contributed by atoms with Crippen LogP contribution in [-0.2, 0) is 11.3 Å². The molecule has 0 bridgehead atoms. The molecule has 0 radical (unpaired) electrons. The Kier molecular flexibility index (Phi) is 5.46. The molecule has 0 saturated carbocycles. The summed E-state index contributed by atoms with van der Waals surface area (Å²) in [5, 5.41) is 0. The third kappa shape index (κ3) is 4.23. The number of hydrogen-bond acceptors (Lipinski definition) is 3. The van der Waals surface area contributed by atoms with Gasteiger partial charge in [-0.15, -0.1) is 0 Å². The summed E-state index contributed by atoms with van der Waals surface area (Å²) in [6.45, 7) is 2.41. The molecule has 0 amide bonds. The van der Waals surface area contributed by atoms with Gasteiger partial charge in [-0.25, -0.2) is 4.39 Å². The molecule has 5 heteroatoms. The van der Waals surface area contributed by atoms with Crippen LogP contribution in [0.5, 0.6) is 0 Å². The zero-order valence-corrected chi connectivity index (χ0v) is 12.6. The molecule has 0 aliphatic carbocycles. The molecule has 1 unspecified atom stereocenters. The minimum atomic E-state index is -0.310. The fourth-order valence-corrected chi connectivity index (χ4v) is 2.76. The van der Waals surface area contributed by atoms with E-state index in [-0.39, 0.29) is 10.8 Å². The lowest BCUT2D eigenvalue weighted by Gasteiger charge is -2.27. The fourth-order valence-electron chi connectivity index (χ4n) is 2.57. The Morgan fingerprint density at radius 2 is 2.30 bits per heavy atom. The van der Waals surface area contributed by atoms with Gasteiger partial charge in [-0.1, -0.05) is 18.3 Å². The summed E-state index contributed by atoms with van der Waals surface area (Å²) >= 11 is 4.99. The van der Waals surface area contributed by atoms with Crippen LogP contribution in [-0.4, -0.2) is 36.2 Å². The number of rotatable bonds is 5. The van der Waals surface area contributed by atoms with Gasteiger partial charge in [-0.3, -0.25) is 4.90 Å². The smallest absolute Gasteiger partial charge is 0.123 e. The molecule has 1 heterocycles. The highest BCUT2D eigenvalue weighted by Gasteiger charge is 2.17. The fraction of sp³-hybridized carbons (Fsp3) is 0.533. The van der Waals surface area contributed by atoms with E-state index in [0.717, 1.165) is 31.6 Å². The van der Waals surface area contributed by atoms with Gasteiger partial charge < -0.3 is 10.5 Å². The van der Waals surface area contributed by atoms with Gasteiger partial charge in [0.25, 0.3) is 0 Å². The summed E-state index contributed by atoms with van der Waals surface area (Å²) < 4.78 is 19.0. The molecule has 1 atom stereocenters. The molecule has 1 aliphatic heterocycles. The van der Waals surface area contributed by atoms with Crippen molar-refractivity contribution in [2.45, 2.75) is 31.9 Å². The Labute approximate surface area is 124 Å². The predicted molar refractivity (Wildman–Crippen MR) is 82.2 cm³/mol. The lowest BCUT2D eigenvalue weighted by atomic mass is 10.1. The first kappa shape index (κ1) is 15.4. The maximum Gasteiger partial charge on any atom is 0.123 e. The summed E-state index contributed by atoms with van der Waals surface area (Å²) in [5.74, 6) is -0.310. The second-order valence-corrected chi connectivity index (χ2v) is 5.79. The summed E-state index contributed by atoms with van der Waals surface area (Å²) in [4.78, 5) is 2.41. The Morgan fingerprint density at radius 1 is 1.50 bits per heavy atom. The van der Waals surface area contributed by atoms with Crippen LogP contribution in [0.2, 0.25) is 0 Å². The number of ether oxygens (including phenoxy) is 1. The summed E-state index contributed by atoms with van der Waals surface area (Å²) in [7, 11) is 2.03. The van der Waals surface area contributed by atoms with Crippen LogP contribution >= 0.6 is 12.2 Å². The van der Waals surface area contributed by atoms with Crippen molar-refractivity contribution in [2.24, 2.45) is 5.73 Å². The lowest BCUT2D eigenvalue weighted by molar-refractivity contribution is -0.00259. The van der Waals surface area contributed by atoms with Gasteiger partial charge in [0, 0.05) is 25.3 Å². The quantitative estimate of drug-likeness (QED) is 0.847. The topological polar surface area (TPSA) is 38.5 Å². The van der Waals surface area contributed by atoms with Gasteiger partial charge in [-0.05, 0) is 44.0 Å². The van der Waals surface area contributed by atoms with Crippen LogP contribution < -0.4 is 5.73 Å². The van der Waals surface area contributed by atoms with E-state index in [2.05, 4.69) is 4.90 Å². The van der Waals surface area contributed by atoms with Crippen LogP contribution in [0.25, 0.3) is 0 Å². The highest BCUT2D eigenvalue weighted by Crippen LogP contribution is 2.17. The Balaban J connectivity index is 1.99. The molecule has 3 nitrogen and oxygen atoms in total. The van der Waals surface area contributed by atoms with Crippen LogP contribution in [0.1, 0.15) is 30.4 Å². The molecule has 1 aliphatic rings. The number of likely N-dealkylation sites (N-methyl/N-ethyl adjacent to an activating group) is 1. The largest absolute Gasteiger partial charge is 0.389 e. The molecule has 110 valence electrons. The van der Waals surface area contributed by atoms with E-state index in [4.69, 9.17) is 22.7 Å². The van der Waals surface area contributed by atoms with Crippen LogP contribution in [0.4, 0.5) is 4.39 Å². The molecule has 2 N–H and O–H groups in total. The van der Waals surface area contributed by atoms with E-state index in [9.17, 15) is 4.39 Å². The van der Waals surface area contributed by atoms with E-state index in [1.165, 1.54) is 18.6 Å². The molecule has 2 rings (SSSR count). The van der Waals surface area contributed by atoms with Gasteiger partial charge >= 0.3 is 0 Å². The number of nitrogens with two attached hydrogens (primary N) is 1. The van der Waals surface area contributed by atoms with Gasteiger partial charge in [-0.2, -0.15) is 0 Å². The Hall–Kier alpha value is -1.04. The molecule has 1 saturated heterocycles. The van der Waals surface area contributed by atoms with E-state index in [1.54, 1.807) is 6.07 Å².